The Bertz CT molecular complexity index is 126. The number of carbonyl (C=O) groups is 1. The Morgan fingerprint density at radius 3 is 2.42 bits per heavy atom. The molecule has 0 rings (SSSR count). The normalized spacial score (nSPS) is 12.8. The van der Waals surface area contributed by atoms with Crippen molar-refractivity contribution in [1.29, 1.82) is 0 Å². The van der Waals surface area contributed by atoms with E-state index in [0.717, 1.165) is 32.1 Å². The van der Waals surface area contributed by atoms with Gasteiger partial charge in [0.25, 0.3) is 0 Å². The molecular formula is C9H20N2O. The Labute approximate surface area is 74.5 Å². The van der Waals surface area contributed by atoms with Gasteiger partial charge in [0.1, 0.15) is 0 Å². The number of amides is 1. The smallest absolute Gasteiger partial charge is 0.220 e. The van der Waals surface area contributed by atoms with Crippen molar-refractivity contribution in [2.75, 3.05) is 6.54 Å². The first kappa shape index (κ1) is 11.4. The van der Waals surface area contributed by atoms with Gasteiger partial charge in [-0.3, -0.25) is 4.79 Å². The second-order valence-corrected chi connectivity index (χ2v) is 3.17. The van der Waals surface area contributed by atoms with Gasteiger partial charge in [0.05, 0.1) is 0 Å². The second-order valence-electron chi connectivity index (χ2n) is 3.17. The molecule has 0 aliphatic rings. The molecule has 1 unspecified atom stereocenters. The minimum absolute atomic E-state index is 0.0709. The number of hydrogen-bond acceptors (Lipinski definition) is 2. The highest BCUT2D eigenvalue weighted by atomic mass is 16.1. The van der Waals surface area contributed by atoms with Crippen LogP contribution >= 0.6 is 0 Å². The van der Waals surface area contributed by atoms with Crippen LogP contribution in [0.2, 0.25) is 0 Å². The molecule has 12 heavy (non-hydrogen) atoms. The molecule has 0 bridgehead atoms. The summed E-state index contributed by atoms with van der Waals surface area (Å²) in [5.74, 6) is -0.0876. The van der Waals surface area contributed by atoms with E-state index >= 15 is 0 Å². The first-order chi connectivity index (χ1) is 5.72. The molecule has 1 atom stereocenters. The van der Waals surface area contributed by atoms with Crippen molar-refractivity contribution in [2.45, 2.75) is 39.0 Å². The monoisotopic (exact) mass is 172 g/mol. The lowest BCUT2D eigenvalue weighted by atomic mass is 9.96. The summed E-state index contributed by atoms with van der Waals surface area (Å²) >= 11 is 0. The van der Waals surface area contributed by atoms with Crippen LogP contribution in [0.5, 0.6) is 0 Å². The van der Waals surface area contributed by atoms with Crippen LogP contribution in [0.25, 0.3) is 0 Å². The molecule has 0 spiro atoms. The fraction of sp³-hybridized carbons (Fsp3) is 0.889. The van der Waals surface area contributed by atoms with Crippen LogP contribution in [-0.4, -0.2) is 12.5 Å². The van der Waals surface area contributed by atoms with Gasteiger partial charge >= 0.3 is 0 Å². The van der Waals surface area contributed by atoms with E-state index in [4.69, 9.17) is 11.5 Å². The summed E-state index contributed by atoms with van der Waals surface area (Å²) in [6, 6.07) is 0. The number of rotatable bonds is 7. The van der Waals surface area contributed by atoms with E-state index in [-0.39, 0.29) is 11.8 Å². The predicted octanol–water partition coefficient (Wildman–Crippen LogP) is 1.02. The van der Waals surface area contributed by atoms with E-state index in [0.29, 0.717) is 6.54 Å². The molecule has 3 nitrogen and oxygen atoms in total. The number of carbonyl (C=O) groups excluding carboxylic acids is 1. The fourth-order valence-electron chi connectivity index (χ4n) is 1.31. The zero-order valence-electron chi connectivity index (χ0n) is 7.88. The quantitative estimate of drug-likeness (QED) is 0.563. The molecular weight excluding hydrogens is 152 g/mol. The molecule has 0 aromatic rings. The van der Waals surface area contributed by atoms with Crippen LogP contribution in [0.15, 0.2) is 0 Å². The van der Waals surface area contributed by atoms with E-state index in [9.17, 15) is 4.79 Å². The van der Waals surface area contributed by atoms with Gasteiger partial charge in [-0.05, 0) is 25.8 Å². The SMILES string of the molecule is CCCC(CCCCN)C(N)=O. The minimum Gasteiger partial charge on any atom is -0.369 e. The molecule has 4 N–H and O–H groups in total. The largest absolute Gasteiger partial charge is 0.369 e. The zero-order chi connectivity index (χ0) is 9.40. The van der Waals surface area contributed by atoms with Gasteiger partial charge in [-0.25, -0.2) is 0 Å². The topological polar surface area (TPSA) is 69.1 Å². The third-order valence-corrected chi connectivity index (χ3v) is 2.05. The number of primary amides is 1. The summed E-state index contributed by atoms with van der Waals surface area (Å²) in [6.45, 7) is 2.77. The van der Waals surface area contributed by atoms with Gasteiger partial charge in [0, 0.05) is 5.92 Å². The Kier molecular flexibility index (Phi) is 6.76. The maximum atomic E-state index is 10.9. The van der Waals surface area contributed by atoms with Crippen LogP contribution in [0, 0.1) is 5.92 Å². The van der Waals surface area contributed by atoms with Crippen molar-refractivity contribution < 1.29 is 4.79 Å². The van der Waals surface area contributed by atoms with Crippen LogP contribution < -0.4 is 11.5 Å². The molecule has 1 amide bonds. The molecule has 0 aliphatic heterocycles. The average Bonchev–Trinajstić information content (AvgIpc) is 2.03. The summed E-state index contributed by atoms with van der Waals surface area (Å²) in [5.41, 5.74) is 10.6. The van der Waals surface area contributed by atoms with E-state index in [2.05, 4.69) is 6.92 Å². The summed E-state index contributed by atoms with van der Waals surface area (Å²) in [5, 5.41) is 0. The standard InChI is InChI=1S/C9H20N2O/c1-2-5-8(9(11)12)6-3-4-7-10/h8H,2-7,10H2,1H3,(H2,11,12). The Balaban J connectivity index is 3.56. The van der Waals surface area contributed by atoms with Crippen molar-refractivity contribution in [1.82, 2.24) is 0 Å². The zero-order valence-corrected chi connectivity index (χ0v) is 7.88. The van der Waals surface area contributed by atoms with Crippen molar-refractivity contribution in [3.05, 3.63) is 0 Å². The molecule has 0 aromatic carbocycles. The van der Waals surface area contributed by atoms with Gasteiger partial charge in [0.15, 0.2) is 0 Å². The Hall–Kier alpha value is -0.570. The van der Waals surface area contributed by atoms with Crippen molar-refractivity contribution in [3.63, 3.8) is 0 Å². The maximum absolute atomic E-state index is 10.9. The predicted molar refractivity (Wildman–Crippen MR) is 50.5 cm³/mol. The lowest BCUT2D eigenvalue weighted by Gasteiger charge is -2.10. The van der Waals surface area contributed by atoms with Crippen molar-refractivity contribution in [3.8, 4) is 0 Å². The van der Waals surface area contributed by atoms with E-state index in [1.165, 1.54) is 0 Å². The third-order valence-electron chi connectivity index (χ3n) is 2.05. The highest BCUT2D eigenvalue weighted by Crippen LogP contribution is 2.13. The number of nitrogens with two attached hydrogens (primary N) is 2. The van der Waals surface area contributed by atoms with Gasteiger partial charge in [-0.15, -0.1) is 0 Å². The van der Waals surface area contributed by atoms with Gasteiger partial charge in [-0.1, -0.05) is 19.8 Å². The van der Waals surface area contributed by atoms with Crippen LogP contribution in [0.1, 0.15) is 39.0 Å². The molecule has 0 aromatic heterocycles. The van der Waals surface area contributed by atoms with E-state index < -0.39 is 0 Å². The molecule has 0 radical (unpaired) electrons. The van der Waals surface area contributed by atoms with Crippen molar-refractivity contribution in [2.24, 2.45) is 17.4 Å². The lowest BCUT2D eigenvalue weighted by molar-refractivity contribution is -0.122. The summed E-state index contributed by atoms with van der Waals surface area (Å²) < 4.78 is 0. The molecule has 0 aliphatic carbocycles. The van der Waals surface area contributed by atoms with E-state index in [1.807, 2.05) is 0 Å². The first-order valence-electron chi connectivity index (χ1n) is 4.71. The maximum Gasteiger partial charge on any atom is 0.220 e. The Morgan fingerprint density at radius 2 is 2.00 bits per heavy atom. The summed E-state index contributed by atoms with van der Waals surface area (Å²) in [6.07, 6.45) is 4.86. The highest BCUT2D eigenvalue weighted by Gasteiger charge is 2.12. The van der Waals surface area contributed by atoms with Gasteiger partial charge < -0.3 is 11.5 Å². The van der Waals surface area contributed by atoms with Gasteiger partial charge in [-0.2, -0.15) is 0 Å². The number of hydrogen-bond donors (Lipinski definition) is 2. The van der Waals surface area contributed by atoms with Crippen molar-refractivity contribution >= 4 is 5.91 Å². The van der Waals surface area contributed by atoms with Crippen LogP contribution in [0.3, 0.4) is 0 Å². The minimum atomic E-state index is -0.158. The first-order valence-corrected chi connectivity index (χ1v) is 4.71. The number of unbranched alkanes of at least 4 members (excludes halogenated alkanes) is 1. The van der Waals surface area contributed by atoms with Gasteiger partial charge in [0.2, 0.25) is 5.91 Å². The molecule has 0 saturated heterocycles. The van der Waals surface area contributed by atoms with Crippen LogP contribution in [-0.2, 0) is 4.79 Å². The second kappa shape index (κ2) is 7.10. The average molecular weight is 172 g/mol. The molecule has 3 heteroatoms. The molecule has 0 saturated carbocycles. The van der Waals surface area contributed by atoms with E-state index in [1.54, 1.807) is 0 Å². The summed E-state index contributed by atoms with van der Waals surface area (Å²) in [7, 11) is 0. The molecule has 0 heterocycles. The lowest BCUT2D eigenvalue weighted by Crippen LogP contribution is -2.23. The molecule has 0 fully saturated rings. The summed E-state index contributed by atoms with van der Waals surface area (Å²) in [4.78, 5) is 10.9. The highest BCUT2D eigenvalue weighted by molar-refractivity contribution is 5.76. The Morgan fingerprint density at radius 1 is 1.33 bits per heavy atom. The molecule has 72 valence electrons. The third kappa shape index (κ3) is 5.13. The fourth-order valence-corrected chi connectivity index (χ4v) is 1.31. The van der Waals surface area contributed by atoms with Crippen LogP contribution in [0.4, 0.5) is 0 Å².